The summed E-state index contributed by atoms with van der Waals surface area (Å²) in [6, 6.07) is 18.9. The molecule has 0 aromatic heterocycles. The molecule has 2 heteroatoms. The van der Waals surface area contributed by atoms with Gasteiger partial charge in [0, 0.05) is 28.9 Å². The number of nitrogens with one attached hydrogen (secondary N) is 1. The highest BCUT2D eigenvalue weighted by Crippen LogP contribution is 2.34. The number of hydrogen-bond donors (Lipinski definition) is 1. The lowest BCUT2D eigenvalue weighted by Crippen LogP contribution is -2.25. The van der Waals surface area contributed by atoms with Crippen molar-refractivity contribution in [3.63, 3.8) is 0 Å². The molecule has 116 valence electrons. The van der Waals surface area contributed by atoms with Gasteiger partial charge in [0.05, 0.1) is 0 Å². The van der Waals surface area contributed by atoms with E-state index in [1.807, 2.05) is 0 Å². The monoisotopic (exact) mass is 405 g/mol. The number of benzene rings is 2. The highest BCUT2D eigenvalue weighted by Gasteiger charge is 2.21. The SMILES string of the molecule is CCc1ccc(-c2ccc(C3CCC(NI)CC3)cc2)cc1. The van der Waals surface area contributed by atoms with E-state index in [0.29, 0.717) is 6.04 Å². The first-order chi connectivity index (χ1) is 10.8. The number of halogens is 1. The molecule has 3 rings (SSSR count). The van der Waals surface area contributed by atoms with E-state index < -0.39 is 0 Å². The van der Waals surface area contributed by atoms with Crippen molar-refractivity contribution in [3.8, 4) is 11.1 Å². The second-order valence-corrected chi connectivity index (χ2v) is 6.95. The van der Waals surface area contributed by atoms with Crippen LogP contribution in [0.3, 0.4) is 0 Å². The molecule has 0 bridgehead atoms. The number of rotatable bonds is 4. The zero-order valence-corrected chi connectivity index (χ0v) is 15.3. The van der Waals surface area contributed by atoms with Crippen molar-refractivity contribution in [2.45, 2.75) is 51.0 Å². The lowest BCUT2D eigenvalue weighted by Gasteiger charge is -2.28. The molecule has 1 N–H and O–H groups in total. The molecule has 0 unspecified atom stereocenters. The van der Waals surface area contributed by atoms with Gasteiger partial charge in [-0.1, -0.05) is 55.5 Å². The van der Waals surface area contributed by atoms with Crippen molar-refractivity contribution in [2.24, 2.45) is 0 Å². The molecule has 0 radical (unpaired) electrons. The molecule has 1 nitrogen and oxygen atoms in total. The van der Waals surface area contributed by atoms with Gasteiger partial charge in [-0.05, 0) is 60.3 Å². The van der Waals surface area contributed by atoms with Gasteiger partial charge in [-0.3, -0.25) is 3.53 Å². The van der Waals surface area contributed by atoms with Crippen LogP contribution in [0.25, 0.3) is 11.1 Å². The molecule has 0 spiro atoms. The molecule has 22 heavy (non-hydrogen) atoms. The largest absolute Gasteiger partial charge is 0.258 e. The van der Waals surface area contributed by atoms with Crippen LogP contribution in [0, 0.1) is 0 Å². The third-order valence-electron chi connectivity index (χ3n) is 4.96. The summed E-state index contributed by atoms with van der Waals surface area (Å²) in [7, 11) is 0. The zero-order valence-electron chi connectivity index (χ0n) is 13.2. The minimum atomic E-state index is 0.716. The fraction of sp³-hybridized carbons (Fsp3) is 0.400. The molecular weight excluding hydrogens is 381 g/mol. The molecule has 1 saturated carbocycles. The minimum Gasteiger partial charge on any atom is -0.258 e. The lowest BCUT2D eigenvalue weighted by atomic mass is 9.82. The van der Waals surface area contributed by atoms with Crippen LogP contribution in [-0.4, -0.2) is 6.04 Å². The van der Waals surface area contributed by atoms with E-state index in [9.17, 15) is 0 Å². The summed E-state index contributed by atoms with van der Waals surface area (Å²) >= 11 is 2.29. The van der Waals surface area contributed by atoms with E-state index in [1.165, 1.54) is 47.9 Å². The summed E-state index contributed by atoms with van der Waals surface area (Å²) < 4.78 is 3.39. The van der Waals surface area contributed by atoms with Gasteiger partial charge in [-0.25, -0.2) is 0 Å². The summed E-state index contributed by atoms with van der Waals surface area (Å²) in [6.07, 6.45) is 6.33. The van der Waals surface area contributed by atoms with E-state index in [1.54, 1.807) is 0 Å². The predicted octanol–water partition coefficient (Wildman–Crippen LogP) is 5.88. The van der Waals surface area contributed by atoms with Crippen LogP contribution in [0.15, 0.2) is 48.5 Å². The standard InChI is InChI=1S/C20H24IN/c1-2-15-3-5-16(6-4-15)17-7-9-18(10-8-17)19-11-13-20(22-21)14-12-19/h3-10,19-20,22H,2,11-14H2,1H3. The molecule has 1 fully saturated rings. The zero-order chi connectivity index (χ0) is 15.4. The Kier molecular flexibility index (Phi) is 5.53. The fourth-order valence-corrected chi connectivity index (χ4v) is 4.04. The van der Waals surface area contributed by atoms with Gasteiger partial charge in [0.2, 0.25) is 0 Å². The maximum atomic E-state index is 3.39. The van der Waals surface area contributed by atoms with Crippen molar-refractivity contribution in [2.75, 3.05) is 0 Å². The Morgan fingerprint density at radius 3 is 1.91 bits per heavy atom. The van der Waals surface area contributed by atoms with Crippen LogP contribution in [0.2, 0.25) is 0 Å². The quantitative estimate of drug-likeness (QED) is 0.495. The van der Waals surface area contributed by atoms with Crippen LogP contribution in [0.5, 0.6) is 0 Å². The van der Waals surface area contributed by atoms with Gasteiger partial charge < -0.3 is 0 Å². The van der Waals surface area contributed by atoms with Crippen molar-refractivity contribution < 1.29 is 0 Å². The van der Waals surface area contributed by atoms with Gasteiger partial charge in [0.1, 0.15) is 0 Å². The Bertz CT molecular complexity index is 580. The molecule has 0 atom stereocenters. The van der Waals surface area contributed by atoms with Crippen molar-refractivity contribution in [3.05, 3.63) is 59.7 Å². The van der Waals surface area contributed by atoms with Crippen LogP contribution in [0.1, 0.15) is 49.7 Å². The third kappa shape index (κ3) is 3.72. The topological polar surface area (TPSA) is 12.0 Å². The van der Waals surface area contributed by atoms with Gasteiger partial charge in [0.15, 0.2) is 0 Å². The van der Waals surface area contributed by atoms with Gasteiger partial charge in [0.25, 0.3) is 0 Å². The summed E-state index contributed by atoms with van der Waals surface area (Å²) in [5.41, 5.74) is 5.57. The molecule has 0 amide bonds. The summed E-state index contributed by atoms with van der Waals surface area (Å²) in [6.45, 7) is 2.20. The molecule has 2 aromatic rings. The Balaban J connectivity index is 1.69. The van der Waals surface area contributed by atoms with E-state index >= 15 is 0 Å². The maximum absolute atomic E-state index is 3.39. The van der Waals surface area contributed by atoms with E-state index in [4.69, 9.17) is 0 Å². The van der Waals surface area contributed by atoms with Crippen molar-refractivity contribution in [1.29, 1.82) is 0 Å². The van der Waals surface area contributed by atoms with E-state index in [0.717, 1.165) is 12.3 Å². The van der Waals surface area contributed by atoms with E-state index in [-0.39, 0.29) is 0 Å². The number of hydrogen-bond acceptors (Lipinski definition) is 1. The molecule has 1 aliphatic rings. The van der Waals surface area contributed by atoms with Crippen LogP contribution in [-0.2, 0) is 6.42 Å². The Hall–Kier alpha value is -0.870. The Labute approximate surface area is 148 Å². The van der Waals surface area contributed by atoms with Crippen LogP contribution < -0.4 is 3.53 Å². The number of aryl methyl sites for hydroxylation is 1. The van der Waals surface area contributed by atoms with E-state index in [2.05, 4.69) is 81.8 Å². The molecule has 2 aromatic carbocycles. The molecular formula is C20H24IN. The second-order valence-electron chi connectivity index (χ2n) is 6.33. The van der Waals surface area contributed by atoms with Crippen molar-refractivity contribution >= 4 is 22.9 Å². The average molecular weight is 405 g/mol. The Morgan fingerprint density at radius 2 is 1.41 bits per heavy atom. The fourth-order valence-electron chi connectivity index (χ4n) is 3.42. The lowest BCUT2D eigenvalue weighted by molar-refractivity contribution is 0.386. The van der Waals surface area contributed by atoms with Gasteiger partial charge in [-0.15, -0.1) is 0 Å². The molecule has 0 aliphatic heterocycles. The average Bonchev–Trinajstić information content (AvgIpc) is 2.62. The highest BCUT2D eigenvalue weighted by molar-refractivity contribution is 14.1. The first-order valence-corrected chi connectivity index (χ1v) is 9.43. The highest BCUT2D eigenvalue weighted by atomic mass is 127. The first kappa shape index (κ1) is 16.0. The molecule has 0 heterocycles. The minimum absolute atomic E-state index is 0.716. The third-order valence-corrected chi connectivity index (χ3v) is 5.84. The van der Waals surface area contributed by atoms with Crippen LogP contribution in [0.4, 0.5) is 0 Å². The summed E-state index contributed by atoms with van der Waals surface area (Å²) in [4.78, 5) is 0. The summed E-state index contributed by atoms with van der Waals surface area (Å²) in [5.74, 6) is 0.748. The van der Waals surface area contributed by atoms with Crippen LogP contribution >= 0.6 is 22.9 Å². The molecule has 1 aliphatic carbocycles. The van der Waals surface area contributed by atoms with Gasteiger partial charge >= 0.3 is 0 Å². The summed E-state index contributed by atoms with van der Waals surface area (Å²) in [5, 5.41) is 0. The maximum Gasteiger partial charge on any atom is 0.0172 e. The predicted molar refractivity (Wildman–Crippen MR) is 103 cm³/mol. The van der Waals surface area contributed by atoms with Gasteiger partial charge in [-0.2, -0.15) is 0 Å². The Morgan fingerprint density at radius 1 is 0.864 bits per heavy atom. The second kappa shape index (κ2) is 7.60. The van der Waals surface area contributed by atoms with Crippen molar-refractivity contribution in [1.82, 2.24) is 3.53 Å². The molecule has 0 saturated heterocycles. The normalized spacial score (nSPS) is 21.7. The smallest absolute Gasteiger partial charge is 0.0172 e. The first-order valence-electron chi connectivity index (χ1n) is 8.35.